The van der Waals surface area contributed by atoms with Crippen LogP contribution in [0.5, 0.6) is 5.75 Å². The van der Waals surface area contributed by atoms with E-state index >= 15 is 0 Å². The predicted octanol–water partition coefficient (Wildman–Crippen LogP) is 2.52. The summed E-state index contributed by atoms with van der Waals surface area (Å²) in [5, 5.41) is 11.8. The Kier molecular flexibility index (Phi) is 8.76. The molecule has 2 amide bonds. The van der Waals surface area contributed by atoms with Crippen LogP contribution in [0.4, 0.5) is 18.9 Å². The van der Waals surface area contributed by atoms with E-state index < -0.39 is 33.6 Å². The van der Waals surface area contributed by atoms with Crippen molar-refractivity contribution in [3.8, 4) is 5.75 Å². The summed E-state index contributed by atoms with van der Waals surface area (Å²) < 4.78 is 69.4. The first-order valence-corrected chi connectivity index (χ1v) is 14.6. The molecule has 1 fully saturated rings. The number of alkyl halides is 3. The van der Waals surface area contributed by atoms with E-state index in [1.807, 2.05) is 6.92 Å². The smallest absolute Gasteiger partial charge is 0.406 e. The fourth-order valence-corrected chi connectivity index (χ4v) is 6.51. The number of ether oxygens (including phenoxy) is 1. The average Bonchev–Trinajstić information content (AvgIpc) is 3.21. The second-order valence-corrected chi connectivity index (χ2v) is 12.1. The summed E-state index contributed by atoms with van der Waals surface area (Å²) in [5.74, 6) is -1.13. The highest BCUT2D eigenvalue weighted by atomic mass is 32.2. The molecule has 41 heavy (non-hydrogen) atoms. The lowest BCUT2D eigenvalue weighted by atomic mass is 9.89. The standard InChI is InChI=1S/C27H31F3N4O6S/c1-18-16-22(34(13-14-35)19(2)36)7-6-20(18)8-15-41(38,39)33-11-9-26(10-12-33)25(37)31-24(32-26)21-4-3-5-23(17-21)40-27(28,29)30/h3-7,16-17,35H,8-15H2,1-2H3,(H,31,32,37). The Labute approximate surface area is 235 Å². The molecule has 2 N–H and O–H groups in total. The van der Waals surface area contributed by atoms with Crippen LogP contribution in [0.15, 0.2) is 47.5 Å². The average molecular weight is 597 g/mol. The number of aliphatic imine (C=N–C) groups is 1. The van der Waals surface area contributed by atoms with Crippen LogP contribution in [0.2, 0.25) is 0 Å². The number of hydrogen-bond donors (Lipinski definition) is 2. The summed E-state index contributed by atoms with van der Waals surface area (Å²) in [6, 6.07) is 10.4. The molecule has 2 heterocycles. The Hall–Kier alpha value is -3.49. The van der Waals surface area contributed by atoms with E-state index in [0.29, 0.717) is 5.69 Å². The van der Waals surface area contributed by atoms with E-state index in [4.69, 9.17) is 0 Å². The Balaban J connectivity index is 1.40. The lowest BCUT2D eigenvalue weighted by Crippen LogP contribution is -2.50. The normalized spacial score (nSPS) is 17.3. The second kappa shape index (κ2) is 11.8. The summed E-state index contributed by atoms with van der Waals surface area (Å²) in [6.45, 7) is 3.33. The molecular weight excluding hydrogens is 565 g/mol. The third-order valence-corrected chi connectivity index (χ3v) is 9.11. The Morgan fingerprint density at radius 1 is 1.20 bits per heavy atom. The zero-order valence-electron chi connectivity index (χ0n) is 22.6. The number of aliphatic hydroxyl groups excluding tert-OH is 1. The van der Waals surface area contributed by atoms with Gasteiger partial charge in [-0.1, -0.05) is 18.2 Å². The van der Waals surface area contributed by atoms with Crippen molar-refractivity contribution in [2.24, 2.45) is 4.99 Å². The third-order valence-electron chi connectivity index (χ3n) is 7.24. The highest BCUT2D eigenvalue weighted by molar-refractivity contribution is 7.89. The van der Waals surface area contributed by atoms with E-state index in [1.54, 1.807) is 18.2 Å². The van der Waals surface area contributed by atoms with Crippen LogP contribution in [0.25, 0.3) is 0 Å². The van der Waals surface area contributed by atoms with Gasteiger partial charge in [-0.3, -0.25) is 14.6 Å². The third kappa shape index (κ3) is 7.05. The number of amides is 2. The minimum absolute atomic E-state index is 0.0659. The number of nitrogens with zero attached hydrogens (tertiary/aromatic N) is 3. The monoisotopic (exact) mass is 596 g/mol. The number of sulfonamides is 1. The first-order valence-electron chi connectivity index (χ1n) is 13.0. The van der Waals surface area contributed by atoms with E-state index in [1.165, 1.54) is 28.3 Å². The van der Waals surface area contributed by atoms with Crippen molar-refractivity contribution < 1.29 is 41.0 Å². The molecule has 222 valence electrons. The lowest BCUT2D eigenvalue weighted by Gasteiger charge is -2.34. The van der Waals surface area contributed by atoms with Gasteiger partial charge in [0.25, 0.3) is 5.91 Å². The van der Waals surface area contributed by atoms with Crippen molar-refractivity contribution in [1.82, 2.24) is 9.62 Å². The number of nitrogens with one attached hydrogen (secondary N) is 1. The maximum Gasteiger partial charge on any atom is 0.573 e. The molecule has 0 unspecified atom stereocenters. The van der Waals surface area contributed by atoms with Crippen molar-refractivity contribution in [3.63, 3.8) is 0 Å². The zero-order valence-corrected chi connectivity index (χ0v) is 23.4. The van der Waals surface area contributed by atoms with Gasteiger partial charge >= 0.3 is 6.36 Å². The molecule has 2 aromatic rings. The van der Waals surface area contributed by atoms with Crippen LogP contribution < -0.4 is 15.0 Å². The zero-order chi connectivity index (χ0) is 30.0. The van der Waals surface area contributed by atoms with E-state index in [-0.39, 0.29) is 68.6 Å². The molecule has 2 aliphatic heterocycles. The number of amidine groups is 1. The maximum absolute atomic E-state index is 13.1. The van der Waals surface area contributed by atoms with Crippen molar-refractivity contribution in [1.29, 1.82) is 0 Å². The number of aryl methyl sites for hydroxylation is 2. The highest BCUT2D eigenvalue weighted by Crippen LogP contribution is 2.33. The van der Waals surface area contributed by atoms with E-state index in [9.17, 15) is 36.3 Å². The molecule has 2 aromatic carbocycles. The first-order chi connectivity index (χ1) is 19.2. The number of benzene rings is 2. The maximum atomic E-state index is 13.1. The minimum Gasteiger partial charge on any atom is -0.406 e. The van der Waals surface area contributed by atoms with Gasteiger partial charge in [0, 0.05) is 37.8 Å². The van der Waals surface area contributed by atoms with Crippen LogP contribution in [-0.2, 0) is 26.0 Å². The van der Waals surface area contributed by atoms with Gasteiger partial charge < -0.3 is 20.1 Å². The molecule has 4 rings (SSSR count). The molecule has 0 saturated carbocycles. The predicted molar refractivity (Wildman–Crippen MR) is 145 cm³/mol. The number of halogens is 3. The molecule has 10 nitrogen and oxygen atoms in total. The van der Waals surface area contributed by atoms with Crippen molar-refractivity contribution in [2.75, 3.05) is 36.9 Å². The Morgan fingerprint density at radius 3 is 2.51 bits per heavy atom. The SMILES string of the molecule is CC(=O)N(CCO)c1ccc(CCS(=O)(=O)N2CCC3(CC2)N=C(c2cccc(OC(F)(F)F)c2)NC3=O)c(C)c1. The van der Waals surface area contributed by atoms with Crippen LogP contribution in [0.1, 0.15) is 36.5 Å². The van der Waals surface area contributed by atoms with Gasteiger partial charge in [0.15, 0.2) is 0 Å². The quantitative estimate of drug-likeness (QED) is 0.458. The van der Waals surface area contributed by atoms with Gasteiger partial charge in [0.1, 0.15) is 17.1 Å². The molecule has 0 atom stereocenters. The number of carbonyl (C=O) groups is 2. The summed E-state index contributed by atoms with van der Waals surface area (Å²) in [4.78, 5) is 30.7. The number of hydrogen-bond acceptors (Lipinski definition) is 7. The summed E-state index contributed by atoms with van der Waals surface area (Å²) in [5.41, 5.74) is 1.28. The molecular formula is C27H31F3N4O6S. The van der Waals surface area contributed by atoms with E-state index in [2.05, 4.69) is 15.0 Å². The highest BCUT2D eigenvalue weighted by Gasteiger charge is 2.47. The van der Waals surface area contributed by atoms with Crippen molar-refractivity contribution in [3.05, 3.63) is 59.2 Å². The number of aliphatic hydroxyl groups is 1. The largest absolute Gasteiger partial charge is 0.573 e. The number of rotatable bonds is 9. The Morgan fingerprint density at radius 2 is 1.90 bits per heavy atom. The molecule has 0 aliphatic carbocycles. The molecule has 1 saturated heterocycles. The summed E-state index contributed by atoms with van der Waals surface area (Å²) in [7, 11) is -3.67. The van der Waals surface area contributed by atoms with Crippen LogP contribution in [-0.4, -0.2) is 79.4 Å². The summed E-state index contributed by atoms with van der Waals surface area (Å²) in [6.07, 6.45) is -4.37. The van der Waals surface area contributed by atoms with Gasteiger partial charge in [-0.25, -0.2) is 12.7 Å². The molecule has 1 spiro atoms. The molecule has 14 heteroatoms. The Bertz CT molecular complexity index is 1450. The molecule has 0 bridgehead atoms. The molecule has 0 aromatic heterocycles. The van der Waals surface area contributed by atoms with Gasteiger partial charge in [0.2, 0.25) is 15.9 Å². The van der Waals surface area contributed by atoms with Crippen LogP contribution in [0, 0.1) is 6.92 Å². The van der Waals surface area contributed by atoms with E-state index in [0.717, 1.165) is 23.3 Å². The number of anilines is 1. The topological polar surface area (TPSA) is 129 Å². The molecule has 0 radical (unpaired) electrons. The summed E-state index contributed by atoms with van der Waals surface area (Å²) >= 11 is 0. The number of piperidine rings is 1. The second-order valence-electron chi connectivity index (χ2n) is 9.99. The molecule has 2 aliphatic rings. The van der Waals surface area contributed by atoms with Crippen molar-refractivity contribution in [2.45, 2.75) is 45.0 Å². The number of carbonyl (C=O) groups excluding carboxylic acids is 2. The van der Waals surface area contributed by atoms with Crippen molar-refractivity contribution >= 4 is 33.4 Å². The van der Waals surface area contributed by atoms with Gasteiger partial charge in [-0.15, -0.1) is 13.2 Å². The lowest BCUT2D eigenvalue weighted by molar-refractivity contribution is -0.274. The van der Waals surface area contributed by atoms with Crippen LogP contribution in [0.3, 0.4) is 0 Å². The van der Waals surface area contributed by atoms with Gasteiger partial charge in [0.05, 0.1) is 12.4 Å². The first kappa shape index (κ1) is 30.5. The van der Waals surface area contributed by atoms with Gasteiger partial charge in [-0.2, -0.15) is 0 Å². The minimum atomic E-state index is -4.86. The fraction of sp³-hybridized carbons (Fsp3) is 0.444. The van der Waals surface area contributed by atoms with Crippen LogP contribution >= 0.6 is 0 Å². The fourth-order valence-electron chi connectivity index (χ4n) is 5.03. The van der Waals surface area contributed by atoms with Gasteiger partial charge in [-0.05, 0) is 61.6 Å².